The van der Waals surface area contributed by atoms with E-state index in [4.69, 9.17) is 0 Å². The Morgan fingerprint density at radius 1 is 1.30 bits per heavy atom. The molecule has 2 heteroatoms. The summed E-state index contributed by atoms with van der Waals surface area (Å²) >= 11 is -0.879. The van der Waals surface area contributed by atoms with Crippen LogP contribution in [-0.2, 0) is 0 Å². The number of carbonyl (C=O) groups excluding carboxylic acids is 1. The molecule has 52 valence electrons. The van der Waals surface area contributed by atoms with Gasteiger partial charge in [-0.1, -0.05) is 0 Å². The van der Waals surface area contributed by atoms with Gasteiger partial charge in [-0.3, -0.25) is 0 Å². The quantitative estimate of drug-likeness (QED) is 0.644. The van der Waals surface area contributed by atoms with Crippen LogP contribution < -0.4 is 0 Å². The number of carbonyl (C=O) groups is 1. The molecule has 0 heterocycles. The van der Waals surface area contributed by atoms with Gasteiger partial charge in [-0.25, -0.2) is 0 Å². The van der Waals surface area contributed by atoms with Gasteiger partial charge in [0.15, 0.2) is 0 Å². The van der Waals surface area contributed by atoms with Crippen LogP contribution in [0, 0.1) is 0 Å². The predicted molar refractivity (Wildman–Crippen MR) is 45.2 cm³/mol. The molecule has 0 aromatic heterocycles. The van der Waals surface area contributed by atoms with Crippen molar-refractivity contribution in [3.63, 3.8) is 0 Å². The van der Waals surface area contributed by atoms with Gasteiger partial charge in [0, 0.05) is 0 Å². The Labute approximate surface area is 66.9 Å². The van der Waals surface area contributed by atoms with Crippen LogP contribution in [0.2, 0.25) is 5.76 Å². The summed E-state index contributed by atoms with van der Waals surface area (Å²) in [6.07, 6.45) is 0. The van der Waals surface area contributed by atoms with Crippen molar-refractivity contribution in [2.45, 2.75) is 5.76 Å². The zero-order valence-electron chi connectivity index (χ0n) is 6.00. The maximum atomic E-state index is 11.1. The summed E-state index contributed by atoms with van der Waals surface area (Å²) in [4.78, 5) is 11.1. The number of hydrogen-bond donors (Lipinski definition) is 0. The predicted octanol–water partition coefficient (Wildman–Crippen LogP) is 1.04. The second-order valence-corrected chi connectivity index (χ2v) is 4.97. The average molecular weight is 195 g/mol. The number of rotatable bonds is 2. The van der Waals surface area contributed by atoms with Crippen LogP contribution in [0.25, 0.3) is 0 Å². The molecule has 0 aliphatic heterocycles. The molecule has 0 fully saturated rings. The third-order valence-electron chi connectivity index (χ3n) is 1.42. The fourth-order valence-corrected chi connectivity index (χ4v) is 2.18. The fourth-order valence-electron chi connectivity index (χ4n) is 0.828. The van der Waals surface area contributed by atoms with Crippen LogP contribution in [0.5, 0.6) is 0 Å². The number of benzene rings is 1. The molecular formula is C8H10GeO. The summed E-state index contributed by atoms with van der Waals surface area (Å²) in [7, 11) is 0. The topological polar surface area (TPSA) is 17.1 Å². The summed E-state index contributed by atoms with van der Waals surface area (Å²) in [5.41, 5.74) is 0.894. The van der Waals surface area contributed by atoms with E-state index in [1.54, 1.807) is 0 Å². The first-order valence-electron chi connectivity index (χ1n) is 3.43. The molecule has 1 rings (SSSR count). The van der Waals surface area contributed by atoms with E-state index in [1.165, 1.54) is 0 Å². The molecule has 10 heavy (non-hydrogen) atoms. The third kappa shape index (κ3) is 1.70. The van der Waals surface area contributed by atoms with Crippen LogP contribution in [-0.4, -0.2) is 20.0 Å². The molecule has 1 aromatic carbocycles. The van der Waals surface area contributed by atoms with Gasteiger partial charge in [0.25, 0.3) is 0 Å². The minimum absolute atomic E-state index is 0.396. The summed E-state index contributed by atoms with van der Waals surface area (Å²) in [5, 5.41) is 0. The van der Waals surface area contributed by atoms with Crippen molar-refractivity contribution in [3.8, 4) is 0 Å². The second-order valence-electron chi connectivity index (χ2n) is 2.14. The van der Waals surface area contributed by atoms with Crippen molar-refractivity contribution in [2.75, 3.05) is 0 Å². The van der Waals surface area contributed by atoms with E-state index in [0.717, 1.165) is 5.56 Å². The van der Waals surface area contributed by atoms with Crippen molar-refractivity contribution in [2.24, 2.45) is 0 Å². The first-order valence-corrected chi connectivity index (χ1v) is 7.88. The van der Waals surface area contributed by atoms with Gasteiger partial charge in [-0.15, -0.1) is 0 Å². The molecule has 0 spiro atoms. The summed E-state index contributed by atoms with van der Waals surface area (Å²) in [5.74, 6) is 2.06. The SMILES string of the molecule is [CH3][GeH2][C](=O)c1ccccc1. The Kier molecular flexibility index (Phi) is 2.69. The van der Waals surface area contributed by atoms with Gasteiger partial charge < -0.3 is 0 Å². The Bertz CT molecular complexity index is 218. The van der Waals surface area contributed by atoms with E-state index >= 15 is 0 Å². The maximum absolute atomic E-state index is 11.1. The molecule has 0 aliphatic carbocycles. The Morgan fingerprint density at radius 3 is 2.40 bits per heavy atom. The van der Waals surface area contributed by atoms with Crippen LogP contribution in [0.4, 0.5) is 0 Å². The van der Waals surface area contributed by atoms with Crippen molar-refractivity contribution in [1.82, 2.24) is 0 Å². The van der Waals surface area contributed by atoms with Crippen LogP contribution >= 0.6 is 0 Å². The second kappa shape index (κ2) is 3.56. The van der Waals surface area contributed by atoms with E-state index in [9.17, 15) is 4.79 Å². The van der Waals surface area contributed by atoms with Gasteiger partial charge >= 0.3 is 66.5 Å². The summed E-state index contributed by atoms with van der Waals surface area (Å²) in [6.45, 7) is 0. The standard InChI is InChI=1S/C8H10GeO/c1-9-8(10)7-5-3-2-4-6-7/h2-6H,9H2,1H3. The molecule has 1 aromatic rings. The zero-order chi connectivity index (χ0) is 7.40. The van der Waals surface area contributed by atoms with Crippen molar-refractivity contribution in [1.29, 1.82) is 0 Å². The van der Waals surface area contributed by atoms with Crippen molar-refractivity contribution in [3.05, 3.63) is 35.9 Å². The van der Waals surface area contributed by atoms with Crippen LogP contribution in [0.15, 0.2) is 30.3 Å². The molecule has 0 N–H and O–H groups in total. The van der Waals surface area contributed by atoms with E-state index in [-0.39, 0.29) is 0 Å². The molecule has 0 bridgehead atoms. The van der Waals surface area contributed by atoms with E-state index in [1.807, 2.05) is 30.3 Å². The van der Waals surface area contributed by atoms with Gasteiger partial charge in [0.05, 0.1) is 0 Å². The monoisotopic (exact) mass is 196 g/mol. The molecule has 0 unspecified atom stereocenters. The van der Waals surface area contributed by atoms with Gasteiger partial charge in [-0.05, 0) is 0 Å². The van der Waals surface area contributed by atoms with E-state index in [0.29, 0.717) is 4.62 Å². The first-order chi connectivity index (χ1) is 4.84. The van der Waals surface area contributed by atoms with Crippen molar-refractivity contribution < 1.29 is 4.79 Å². The molecule has 0 amide bonds. The Balaban J connectivity index is 2.85. The molecule has 0 aliphatic rings. The average Bonchev–Trinajstić information content (AvgIpc) is 2.05. The van der Waals surface area contributed by atoms with Crippen LogP contribution in [0.1, 0.15) is 10.4 Å². The van der Waals surface area contributed by atoms with Crippen molar-refractivity contribution >= 4 is 20.0 Å². The Hall–Kier alpha value is -0.567. The zero-order valence-corrected chi connectivity index (χ0v) is 8.97. The first kappa shape index (κ1) is 7.54. The summed E-state index contributed by atoms with van der Waals surface area (Å²) < 4.78 is 0.396. The molecule has 1 nitrogen and oxygen atoms in total. The molecule has 0 radical (unpaired) electrons. The third-order valence-corrected chi connectivity index (χ3v) is 3.62. The van der Waals surface area contributed by atoms with E-state index in [2.05, 4.69) is 5.76 Å². The minimum atomic E-state index is -0.879. The van der Waals surface area contributed by atoms with E-state index < -0.39 is 15.4 Å². The molecule has 0 saturated carbocycles. The fraction of sp³-hybridized carbons (Fsp3) is 0.125. The molecular weight excluding hydrogens is 185 g/mol. The van der Waals surface area contributed by atoms with Gasteiger partial charge in [0.1, 0.15) is 0 Å². The number of hydrogen-bond acceptors (Lipinski definition) is 1. The Morgan fingerprint density at radius 2 is 1.90 bits per heavy atom. The van der Waals surface area contributed by atoms with Crippen LogP contribution in [0.3, 0.4) is 0 Å². The van der Waals surface area contributed by atoms with Gasteiger partial charge in [-0.2, -0.15) is 0 Å². The molecule has 0 atom stereocenters. The van der Waals surface area contributed by atoms with Gasteiger partial charge in [0.2, 0.25) is 0 Å². The normalized spacial score (nSPS) is 10.5. The molecule has 0 saturated heterocycles. The summed E-state index contributed by atoms with van der Waals surface area (Å²) in [6, 6.07) is 9.52.